The lowest BCUT2D eigenvalue weighted by Gasteiger charge is -2.41. The Kier molecular flexibility index (Phi) is 5.99. The summed E-state index contributed by atoms with van der Waals surface area (Å²) in [7, 11) is 0. The van der Waals surface area contributed by atoms with Gasteiger partial charge in [0.25, 0.3) is 0 Å². The molecule has 1 fully saturated rings. The Labute approximate surface area is 167 Å². The summed E-state index contributed by atoms with van der Waals surface area (Å²) < 4.78 is 5.98. The van der Waals surface area contributed by atoms with Gasteiger partial charge < -0.3 is 4.74 Å². The maximum atomic E-state index is 13.2. The summed E-state index contributed by atoms with van der Waals surface area (Å²) in [6, 6.07) is 21.3. The molecule has 28 heavy (non-hydrogen) atoms. The largest absolute Gasteiger partial charge is 0.457 e. The quantitative estimate of drug-likeness (QED) is 0.388. The van der Waals surface area contributed by atoms with E-state index in [2.05, 4.69) is 26.8 Å². The first-order valence-corrected chi connectivity index (χ1v) is 9.90. The van der Waals surface area contributed by atoms with Crippen molar-refractivity contribution in [3.05, 3.63) is 77.4 Å². The van der Waals surface area contributed by atoms with Crippen LogP contribution in [0, 0.1) is 22.7 Å². The van der Waals surface area contributed by atoms with Gasteiger partial charge in [-0.3, -0.25) is 0 Å². The first-order chi connectivity index (χ1) is 13.4. The van der Waals surface area contributed by atoms with E-state index in [1.807, 2.05) is 60.7 Å². The van der Waals surface area contributed by atoms with E-state index in [9.17, 15) is 10.1 Å². The van der Waals surface area contributed by atoms with E-state index in [0.29, 0.717) is 5.57 Å². The van der Waals surface area contributed by atoms with Crippen molar-refractivity contribution in [2.75, 3.05) is 0 Å². The molecular weight excluding hydrogens is 346 g/mol. The Hall–Kier alpha value is -2.86. The fourth-order valence-electron chi connectivity index (χ4n) is 4.26. The van der Waals surface area contributed by atoms with Crippen molar-refractivity contribution in [3.63, 3.8) is 0 Å². The minimum Gasteiger partial charge on any atom is -0.457 e. The molecule has 0 bridgehead atoms. The maximum Gasteiger partial charge on any atom is 0.349 e. The van der Waals surface area contributed by atoms with E-state index < -0.39 is 5.97 Å². The highest BCUT2D eigenvalue weighted by Gasteiger charge is 2.40. The third kappa shape index (κ3) is 4.17. The first kappa shape index (κ1) is 19.9. The molecule has 1 aliphatic carbocycles. The second kappa shape index (κ2) is 8.44. The minimum atomic E-state index is -0.531. The van der Waals surface area contributed by atoms with Gasteiger partial charge in [0.05, 0.1) is 0 Å². The van der Waals surface area contributed by atoms with Crippen molar-refractivity contribution in [3.8, 4) is 6.07 Å². The summed E-state index contributed by atoms with van der Waals surface area (Å²) in [6.07, 6.45) is 3.01. The van der Waals surface area contributed by atoms with Crippen LogP contribution in [-0.4, -0.2) is 12.1 Å². The summed E-state index contributed by atoms with van der Waals surface area (Å²) in [4.78, 5) is 13.2. The number of esters is 1. The summed E-state index contributed by atoms with van der Waals surface area (Å²) in [5.74, 6) is -0.249. The zero-order valence-electron chi connectivity index (χ0n) is 16.8. The van der Waals surface area contributed by atoms with E-state index in [1.54, 1.807) is 0 Å². The Morgan fingerprint density at radius 3 is 2.04 bits per heavy atom. The van der Waals surface area contributed by atoms with Crippen molar-refractivity contribution < 1.29 is 9.53 Å². The smallest absolute Gasteiger partial charge is 0.349 e. The van der Waals surface area contributed by atoms with Crippen LogP contribution in [0.5, 0.6) is 0 Å². The van der Waals surface area contributed by atoms with Crippen LogP contribution in [0.15, 0.2) is 66.2 Å². The molecule has 0 saturated heterocycles. The number of rotatable bonds is 4. The lowest BCUT2D eigenvalue weighted by atomic mass is 9.70. The molecule has 0 radical (unpaired) electrons. The minimum absolute atomic E-state index is 0.0611. The van der Waals surface area contributed by atoms with Gasteiger partial charge in [-0.15, -0.1) is 0 Å². The fraction of sp³-hybridized carbons (Fsp3) is 0.360. The molecule has 3 nitrogen and oxygen atoms in total. The zero-order valence-corrected chi connectivity index (χ0v) is 16.8. The van der Waals surface area contributed by atoms with Crippen LogP contribution in [0.4, 0.5) is 0 Å². The molecule has 3 heteroatoms. The second-order valence-corrected chi connectivity index (χ2v) is 8.28. The molecule has 2 aromatic carbocycles. The molecule has 144 valence electrons. The Morgan fingerprint density at radius 1 is 1.04 bits per heavy atom. The highest BCUT2D eigenvalue weighted by Crippen LogP contribution is 2.41. The van der Waals surface area contributed by atoms with Crippen LogP contribution >= 0.6 is 0 Å². The van der Waals surface area contributed by atoms with Gasteiger partial charge in [-0.2, -0.15) is 5.26 Å². The molecule has 0 spiro atoms. The molecule has 0 aliphatic heterocycles. The topological polar surface area (TPSA) is 50.1 Å². The number of nitriles is 1. The molecule has 1 saturated carbocycles. The van der Waals surface area contributed by atoms with E-state index >= 15 is 0 Å². The normalized spacial score (nSPS) is 20.6. The van der Waals surface area contributed by atoms with Gasteiger partial charge in [0.1, 0.15) is 17.7 Å². The first-order valence-electron chi connectivity index (χ1n) is 9.90. The third-order valence-electron chi connectivity index (χ3n) is 5.69. The molecule has 0 heterocycles. The fourth-order valence-corrected chi connectivity index (χ4v) is 4.26. The highest BCUT2D eigenvalue weighted by atomic mass is 16.5. The predicted molar refractivity (Wildman–Crippen MR) is 111 cm³/mol. The van der Waals surface area contributed by atoms with E-state index in [4.69, 9.17) is 4.74 Å². The highest BCUT2D eigenvalue weighted by molar-refractivity contribution is 6.05. The molecule has 0 amide bonds. The predicted octanol–water partition coefficient (Wildman–Crippen LogP) is 5.77. The third-order valence-corrected chi connectivity index (χ3v) is 5.69. The summed E-state index contributed by atoms with van der Waals surface area (Å²) >= 11 is 0. The van der Waals surface area contributed by atoms with Gasteiger partial charge in [-0.1, -0.05) is 87.9 Å². The average molecular weight is 373 g/mol. The second-order valence-electron chi connectivity index (χ2n) is 8.28. The Morgan fingerprint density at radius 2 is 1.57 bits per heavy atom. The van der Waals surface area contributed by atoms with Crippen molar-refractivity contribution in [1.82, 2.24) is 0 Å². The van der Waals surface area contributed by atoms with Crippen molar-refractivity contribution in [1.29, 1.82) is 5.26 Å². The number of hydrogen-bond donors (Lipinski definition) is 0. The van der Waals surface area contributed by atoms with Crippen LogP contribution in [-0.2, 0) is 9.53 Å². The number of nitrogens with zero attached hydrogens (tertiary/aromatic N) is 1. The summed E-state index contributed by atoms with van der Waals surface area (Å²) in [6.45, 7) is 6.42. The number of carbonyl (C=O) groups is 1. The van der Waals surface area contributed by atoms with E-state index in [0.717, 1.165) is 30.4 Å². The van der Waals surface area contributed by atoms with Crippen LogP contribution in [0.3, 0.4) is 0 Å². The Balaban J connectivity index is 2.05. The number of benzene rings is 2. The molecular formula is C25H27NO2. The van der Waals surface area contributed by atoms with Crippen molar-refractivity contribution in [2.45, 2.75) is 46.1 Å². The van der Waals surface area contributed by atoms with Gasteiger partial charge in [-0.05, 0) is 29.9 Å². The van der Waals surface area contributed by atoms with Gasteiger partial charge in [0, 0.05) is 11.0 Å². The van der Waals surface area contributed by atoms with Gasteiger partial charge in [0.15, 0.2) is 0 Å². The van der Waals surface area contributed by atoms with Crippen LogP contribution in [0.2, 0.25) is 0 Å². The molecule has 2 atom stereocenters. The molecule has 3 rings (SSSR count). The average Bonchev–Trinajstić information content (AvgIpc) is 2.70. The number of carbonyl (C=O) groups excluding carboxylic acids is 1. The van der Waals surface area contributed by atoms with Gasteiger partial charge in [-0.25, -0.2) is 4.79 Å². The SMILES string of the molecule is CC1CCCC(C)(C)C1OC(=O)C(C#N)=C(c1ccccc1)c1ccccc1. The molecule has 0 aromatic heterocycles. The number of ether oxygens (including phenoxy) is 1. The molecule has 2 aromatic rings. The summed E-state index contributed by atoms with van der Waals surface area (Å²) in [5.41, 5.74) is 2.25. The lowest BCUT2D eigenvalue weighted by Crippen LogP contribution is -2.42. The Bertz CT molecular complexity index is 850. The van der Waals surface area contributed by atoms with Crippen molar-refractivity contribution in [2.24, 2.45) is 11.3 Å². The van der Waals surface area contributed by atoms with E-state index in [1.165, 1.54) is 0 Å². The van der Waals surface area contributed by atoms with Gasteiger partial charge >= 0.3 is 5.97 Å². The van der Waals surface area contributed by atoms with E-state index in [-0.39, 0.29) is 23.0 Å². The van der Waals surface area contributed by atoms with Crippen molar-refractivity contribution >= 4 is 11.5 Å². The standard InChI is InChI=1S/C25H27NO2/c1-18-11-10-16-25(2,3)23(18)28-24(27)21(17-26)22(19-12-6-4-7-13-19)20-14-8-5-9-15-20/h4-9,12-15,18,23H,10-11,16H2,1-3H3. The van der Waals surface area contributed by atoms with Crippen LogP contribution < -0.4 is 0 Å². The number of hydrogen-bond acceptors (Lipinski definition) is 3. The van der Waals surface area contributed by atoms with Crippen LogP contribution in [0.25, 0.3) is 5.57 Å². The van der Waals surface area contributed by atoms with Gasteiger partial charge in [0.2, 0.25) is 0 Å². The molecule has 0 N–H and O–H groups in total. The van der Waals surface area contributed by atoms with Crippen LogP contribution in [0.1, 0.15) is 51.2 Å². The molecule has 2 unspecified atom stereocenters. The molecule has 1 aliphatic rings. The zero-order chi connectivity index (χ0) is 20.1. The summed E-state index contributed by atoms with van der Waals surface area (Å²) in [5, 5.41) is 9.91. The monoisotopic (exact) mass is 373 g/mol. The maximum absolute atomic E-state index is 13.2. The lowest BCUT2D eigenvalue weighted by molar-refractivity contribution is -0.157.